The van der Waals surface area contributed by atoms with E-state index in [1.54, 1.807) is 24.5 Å². The largest absolute Gasteiger partial charge is 0.481 e. The van der Waals surface area contributed by atoms with Crippen LogP contribution in [-0.4, -0.2) is 17.1 Å². The average Bonchev–Trinajstić information content (AvgIpc) is 2.76. The van der Waals surface area contributed by atoms with E-state index in [2.05, 4.69) is 25.9 Å². The Kier molecular flexibility index (Phi) is 4.09. The lowest BCUT2D eigenvalue weighted by molar-refractivity contribution is 0.395. The minimum Gasteiger partial charge on any atom is -0.481 e. The molecule has 0 amide bonds. The second-order valence-electron chi connectivity index (χ2n) is 3.55. The second kappa shape index (κ2) is 5.57. The number of nitrogens with zero attached hydrogens (tertiary/aromatic N) is 2. The maximum atomic E-state index is 6.12. The van der Waals surface area contributed by atoms with Gasteiger partial charge in [-0.25, -0.2) is 9.97 Å². The van der Waals surface area contributed by atoms with Gasteiger partial charge in [-0.15, -0.1) is 11.3 Å². The molecule has 0 aliphatic rings. The van der Waals surface area contributed by atoms with Gasteiger partial charge < -0.3 is 10.5 Å². The zero-order chi connectivity index (χ0) is 12.3. The molecule has 2 N–H and O–H groups in total. The van der Waals surface area contributed by atoms with Crippen LogP contribution in [0.2, 0.25) is 0 Å². The molecule has 4 nitrogen and oxygen atoms in total. The van der Waals surface area contributed by atoms with Gasteiger partial charge in [0.25, 0.3) is 0 Å². The minimum absolute atomic E-state index is 0.0582. The standard InChI is InChI=1S/C11H12BrN3OS/c1-16-11-4-8(14-6-15-11)3-9(13)7-2-10(12)17-5-7/h2,4-6,9H,3,13H2,1H3. The van der Waals surface area contributed by atoms with Crippen molar-refractivity contribution in [2.75, 3.05) is 7.11 Å². The van der Waals surface area contributed by atoms with Gasteiger partial charge >= 0.3 is 0 Å². The number of nitrogens with two attached hydrogens (primary N) is 1. The Morgan fingerprint density at radius 1 is 1.47 bits per heavy atom. The summed E-state index contributed by atoms with van der Waals surface area (Å²) in [4.78, 5) is 8.14. The highest BCUT2D eigenvalue weighted by molar-refractivity contribution is 9.11. The first kappa shape index (κ1) is 12.5. The van der Waals surface area contributed by atoms with Crippen molar-refractivity contribution < 1.29 is 4.74 Å². The zero-order valence-electron chi connectivity index (χ0n) is 9.26. The van der Waals surface area contributed by atoms with Crippen molar-refractivity contribution >= 4 is 27.3 Å². The van der Waals surface area contributed by atoms with Crippen LogP contribution < -0.4 is 10.5 Å². The molecule has 0 fully saturated rings. The van der Waals surface area contributed by atoms with E-state index in [4.69, 9.17) is 10.5 Å². The van der Waals surface area contributed by atoms with Crippen LogP contribution >= 0.6 is 27.3 Å². The fraction of sp³-hybridized carbons (Fsp3) is 0.273. The molecule has 0 saturated heterocycles. The van der Waals surface area contributed by atoms with E-state index < -0.39 is 0 Å². The van der Waals surface area contributed by atoms with E-state index in [0.29, 0.717) is 12.3 Å². The van der Waals surface area contributed by atoms with Gasteiger partial charge in [0.1, 0.15) is 6.33 Å². The quantitative estimate of drug-likeness (QED) is 0.942. The molecule has 0 aliphatic carbocycles. The van der Waals surface area contributed by atoms with Crippen LogP contribution in [0.5, 0.6) is 5.88 Å². The summed E-state index contributed by atoms with van der Waals surface area (Å²) in [5.74, 6) is 0.564. The lowest BCUT2D eigenvalue weighted by atomic mass is 10.1. The molecule has 0 bridgehead atoms. The summed E-state index contributed by atoms with van der Waals surface area (Å²) in [6.45, 7) is 0. The Balaban J connectivity index is 2.09. The lowest BCUT2D eigenvalue weighted by Gasteiger charge is -2.09. The molecule has 0 saturated carbocycles. The monoisotopic (exact) mass is 313 g/mol. The van der Waals surface area contributed by atoms with Crippen LogP contribution in [-0.2, 0) is 6.42 Å². The average molecular weight is 314 g/mol. The van der Waals surface area contributed by atoms with Crippen LogP contribution in [0.15, 0.2) is 27.6 Å². The number of halogens is 1. The Hall–Kier alpha value is -0.980. The van der Waals surface area contributed by atoms with Crippen LogP contribution in [0.1, 0.15) is 17.3 Å². The highest BCUT2D eigenvalue weighted by atomic mass is 79.9. The normalized spacial score (nSPS) is 12.4. The van der Waals surface area contributed by atoms with E-state index in [1.165, 1.54) is 6.33 Å². The van der Waals surface area contributed by atoms with E-state index in [-0.39, 0.29) is 6.04 Å². The number of ether oxygens (including phenoxy) is 1. The molecule has 2 aromatic rings. The summed E-state index contributed by atoms with van der Waals surface area (Å²) in [5, 5.41) is 2.05. The van der Waals surface area contributed by atoms with Crippen molar-refractivity contribution in [1.29, 1.82) is 0 Å². The van der Waals surface area contributed by atoms with Crippen LogP contribution in [0.4, 0.5) is 0 Å². The number of hydrogen-bond donors (Lipinski definition) is 1. The third-order valence-corrected chi connectivity index (χ3v) is 3.88. The molecule has 1 unspecified atom stereocenters. The Labute approximate surface area is 112 Å². The number of methoxy groups -OCH3 is 1. The summed E-state index contributed by atoms with van der Waals surface area (Å²) < 4.78 is 6.14. The molecule has 90 valence electrons. The van der Waals surface area contributed by atoms with Crippen LogP contribution in [0.3, 0.4) is 0 Å². The fourth-order valence-electron chi connectivity index (χ4n) is 1.46. The maximum Gasteiger partial charge on any atom is 0.216 e. The SMILES string of the molecule is COc1cc(CC(N)c2csc(Br)c2)ncn1. The van der Waals surface area contributed by atoms with E-state index in [0.717, 1.165) is 15.0 Å². The molecular weight excluding hydrogens is 302 g/mol. The number of thiophene rings is 1. The van der Waals surface area contributed by atoms with Crippen molar-refractivity contribution in [2.24, 2.45) is 5.73 Å². The fourth-order valence-corrected chi connectivity index (χ4v) is 2.70. The van der Waals surface area contributed by atoms with E-state index in [1.807, 2.05) is 11.4 Å². The van der Waals surface area contributed by atoms with Crippen LogP contribution in [0, 0.1) is 0 Å². The Morgan fingerprint density at radius 2 is 2.29 bits per heavy atom. The van der Waals surface area contributed by atoms with Gasteiger partial charge in [0.15, 0.2) is 0 Å². The van der Waals surface area contributed by atoms with Crippen LogP contribution in [0.25, 0.3) is 0 Å². The minimum atomic E-state index is -0.0582. The molecule has 0 aliphatic heterocycles. The number of hydrogen-bond acceptors (Lipinski definition) is 5. The topological polar surface area (TPSA) is 61.0 Å². The molecule has 0 spiro atoms. The first-order valence-electron chi connectivity index (χ1n) is 5.03. The van der Waals surface area contributed by atoms with E-state index in [9.17, 15) is 0 Å². The van der Waals surface area contributed by atoms with Crippen molar-refractivity contribution in [3.05, 3.63) is 38.9 Å². The van der Waals surface area contributed by atoms with Crippen molar-refractivity contribution in [2.45, 2.75) is 12.5 Å². The summed E-state index contributed by atoms with van der Waals surface area (Å²) in [6.07, 6.45) is 2.16. The maximum absolute atomic E-state index is 6.12. The molecule has 17 heavy (non-hydrogen) atoms. The summed E-state index contributed by atoms with van der Waals surface area (Å²) >= 11 is 5.06. The van der Waals surface area contributed by atoms with E-state index >= 15 is 0 Å². The second-order valence-corrected chi connectivity index (χ2v) is 5.84. The lowest BCUT2D eigenvalue weighted by Crippen LogP contribution is -2.13. The smallest absolute Gasteiger partial charge is 0.216 e. The van der Waals surface area contributed by atoms with Gasteiger partial charge in [-0.1, -0.05) is 0 Å². The first-order chi connectivity index (χ1) is 8.19. The van der Waals surface area contributed by atoms with Gasteiger partial charge in [-0.2, -0.15) is 0 Å². The number of aromatic nitrogens is 2. The van der Waals surface area contributed by atoms with Crippen molar-refractivity contribution in [3.8, 4) is 5.88 Å². The molecule has 0 radical (unpaired) electrons. The molecule has 0 aromatic carbocycles. The summed E-state index contributed by atoms with van der Waals surface area (Å²) in [6, 6.07) is 3.78. The van der Waals surface area contributed by atoms with Gasteiger partial charge in [0.05, 0.1) is 10.9 Å². The molecule has 2 rings (SSSR count). The summed E-state index contributed by atoms with van der Waals surface area (Å²) in [5.41, 5.74) is 8.11. The molecule has 2 heterocycles. The van der Waals surface area contributed by atoms with Crippen molar-refractivity contribution in [1.82, 2.24) is 9.97 Å². The zero-order valence-corrected chi connectivity index (χ0v) is 11.7. The third kappa shape index (κ3) is 3.24. The molecular formula is C11H12BrN3OS. The Bertz CT molecular complexity index is 503. The highest BCUT2D eigenvalue weighted by Crippen LogP contribution is 2.26. The summed E-state index contributed by atoms with van der Waals surface area (Å²) in [7, 11) is 1.59. The molecule has 2 aromatic heterocycles. The van der Waals surface area contributed by atoms with Gasteiger partial charge in [-0.05, 0) is 32.9 Å². The number of rotatable bonds is 4. The predicted octanol–water partition coefficient (Wildman–Crippen LogP) is 2.55. The predicted molar refractivity (Wildman–Crippen MR) is 71.2 cm³/mol. The van der Waals surface area contributed by atoms with Crippen molar-refractivity contribution in [3.63, 3.8) is 0 Å². The third-order valence-electron chi connectivity index (χ3n) is 2.35. The Morgan fingerprint density at radius 3 is 2.94 bits per heavy atom. The highest BCUT2D eigenvalue weighted by Gasteiger charge is 2.10. The molecule has 1 atom stereocenters. The van der Waals surface area contributed by atoms with Gasteiger partial charge in [0.2, 0.25) is 5.88 Å². The van der Waals surface area contributed by atoms with Gasteiger partial charge in [0, 0.05) is 24.2 Å². The molecule has 6 heteroatoms. The first-order valence-corrected chi connectivity index (χ1v) is 6.70. The van der Waals surface area contributed by atoms with Gasteiger partial charge in [-0.3, -0.25) is 0 Å².